The molecule has 0 radical (unpaired) electrons. The van der Waals surface area contributed by atoms with E-state index in [0.29, 0.717) is 6.42 Å². The predicted molar refractivity (Wildman–Crippen MR) is 291 cm³/mol. The van der Waals surface area contributed by atoms with E-state index in [4.69, 9.17) is 40.1 Å². The van der Waals surface area contributed by atoms with Crippen molar-refractivity contribution in [1.29, 1.82) is 0 Å². The lowest BCUT2D eigenvalue weighted by atomic mass is 10.0. The molecule has 30 heteroatoms. The van der Waals surface area contributed by atoms with Gasteiger partial charge in [0, 0.05) is 32.4 Å². The standard InChI is InChI=1S/C49H90N16O14/c1-3-4-5-6-7-8-9-10-11-12-13-14-15-20-38(70)59-31(18-16-25-57-48(53)54)42(74)64-35(28-66)46(78)63-34(27-39(71)72)45(77)65-40(29(2)67)47(79)62-32(19-17-26-58-49(55)56)43(75)61-33(22-24-37(51)69)44(76)60-30(41(52)73)21-23-36(50)68/h29-35,40,66-67H,3-28H2,1-2H3,(H2,50,68)(H2,51,69)(H2,52,73)(H,59,70)(H,60,76)(H,61,75)(H,62,79)(H,63,78)(H,64,74)(H,65,77)(H,71,72)(H4,53,54,57)(H4,55,56,58). The van der Waals surface area contributed by atoms with Crippen LogP contribution in [0.4, 0.5) is 0 Å². The number of carbonyl (C=O) groups excluding carboxylic acids is 10. The van der Waals surface area contributed by atoms with Crippen LogP contribution in [0.3, 0.4) is 0 Å². The fourth-order valence-corrected chi connectivity index (χ4v) is 7.83. The zero-order chi connectivity index (χ0) is 59.9. The lowest BCUT2D eigenvalue weighted by Gasteiger charge is -2.28. The van der Waals surface area contributed by atoms with E-state index in [1.54, 1.807) is 0 Å². The number of aliphatic hydroxyl groups excluding tert-OH is 2. The molecule has 0 spiro atoms. The second kappa shape index (κ2) is 41.7. The number of aliphatic hydroxyl groups is 2. The summed E-state index contributed by atoms with van der Waals surface area (Å²) in [5, 5.41) is 46.8. The van der Waals surface area contributed by atoms with Crippen LogP contribution in [0.1, 0.15) is 162 Å². The number of rotatable bonds is 46. The Labute approximate surface area is 460 Å². The highest BCUT2D eigenvalue weighted by Crippen LogP contribution is 2.14. The minimum absolute atomic E-state index is 0.0133. The number of primary amides is 3. The van der Waals surface area contributed by atoms with Gasteiger partial charge in [0.15, 0.2) is 11.9 Å². The first kappa shape index (κ1) is 71.6. The largest absolute Gasteiger partial charge is 0.481 e. The number of nitrogens with two attached hydrogens (primary N) is 7. The predicted octanol–water partition coefficient (Wildman–Crippen LogP) is -4.17. The number of nitrogens with one attached hydrogen (secondary N) is 7. The average molecular weight is 1130 g/mol. The molecular formula is C49H90N16O14. The smallest absolute Gasteiger partial charge is 0.305 e. The van der Waals surface area contributed by atoms with Crippen LogP contribution in [0.25, 0.3) is 0 Å². The number of unbranched alkanes of at least 4 members (excludes halogenated alkanes) is 12. The average Bonchev–Trinajstić information content (AvgIpc) is 3.37. The molecule has 24 N–H and O–H groups in total. The molecule has 0 bridgehead atoms. The first-order chi connectivity index (χ1) is 37.3. The van der Waals surface area contributed by atoms with Gasteiger partial charge in [-0.2, -0.15) is 0 Å². The van der Waals surface area contributed by atoms with Crippen molar-refractivity contribution in [1.82, 2.24) is 37.2 Å². The van der Waals surface area contributed by atoms with Crippen molar-refractivity contribution < 1.29 is 68.1 Å². The maximum absolute atomic E-state index is 13.8. The Balaban J connectivity index is 6.23. The number of hydrogen-bond acceptors (Lipinski definition) is 15. The second-order valence-electron chi connectivity index (χ2n) is 19.2. The molecule has 0 aliphatic rings. The number of aliphatic imine (C=N–C) groups is 2. The van der Waals surface area contributed by atoms with Crippen molar-refractivity contribution in [2.45, 2.75) is 210 Å². The summed E-state index contributed by atoms with van der Waals surface area (Å²) in [4.78, 5) is 150. The molecule has 8 atom stereocenters. The van der Waals surface area contributed by atoms with Gasteiger partial charge in [-0.1, -0.05) is 84.0 Å². The Kier molecular flexibility index (Phi) is 37.8. The van der Waals surface area contributed by atoms with Crippen LogP contribution in [0, 0.1) is 0 Å². The van der Waals surface area contributed by atoms with Gasteiger partial charge in [-0.25, -0.2) is 0 Å². The van der Waals surface area contributed by atoms with Crippen molar-refractivity contribution in [2.75, 3.05) is 19.7 Å². The lowest BCUT2D eigenvalue weighted by Crippen LogP contribution is -2.62. The summed E-state index contributed by atoms with van der Waals surface area (Å²) in [6.07, 6.45) is 9.79. The van der Waals surface area contributed by atoms with Gasteiger partial charge in [0.25, 0.3) is 0 Å². The van der Waals surface area contributed by atoms with Gasteiger partial charge in [-0.15, -0.1) is 0 Å². The minimum atomic E-state index is -2.03. The zero-order valence-electron chi connectivity index (χ0n) is 45.8. The van der Waals surface area contributed by atoms with E-state index in [9.17, 15) is 68.1 Å². The molecule has 0 fully saturated rings. The highest BCUT2D eigenvalue weighted by molar-refractivity contribution is 5.98. The van der Waals surface area contributed by atoms with Crippen LogP contribution < -0.4 is 77.4 Å². The molecule has 0 aromatic carbocycles. The summed E-state index contributed by atoms with van der Waals surface area (Å²) < 4.78 is 0. The Morgan fingerprint density at radius 1 is 0.430 bits per heavy atom. The van der Waals surface area contributed by atoms with E-state index < -0.39 is 139 Å². The van der Waals surface area contributed by atoms with Crippen LogP contribution in [-0.4, -0.2) is 160 Å². The number of carboxylic acid groups (broad SMARTS) is 1. The van der Waals surface area contributed by atoms with Gasteiger partial charge in [0.2, 0.25) is 59.1 Å². The zero-order valence-corrected chi connectivity index (χ0v) is 45.8. The van der Waals surface area contributed by atoms with Gasteiger partial charge >= 0.3 is 5.97 Å². The molecule has 8 unspecified atom stereocenters. The Bertz CT molecular complexity index is 2020. The molecule has 0 aliphatic heterocycles. The number of nitrogens with zero attached hydrogens (tertiary/aromatic N) is 2. The molecule has 10 amide bonds. The summed E-state index contributed by atoms with van der Waals surface area (Å²) in [6.45, 7) is 2.15. The Hall–Kier alpha value is -7.37. The molecule has 79 heavy (non-hydrogen) atoms. The number of carbonyl (C=O) groups is 11. The van der Waals surface area contributed by atoms with Crippen molar-refractivity contribution >= 4 is 77.0 Å². The fourth-order valence-electron chi connectivity index (χ4n) is 7.83. The van der Waals surface area contributed by atoms with Gasteiger partial charge in [0.1, 0.15) is 42.3 Å². The normalized spacial score (nSPS) is 13.9. The second-order valence-corrected chi connectivity index (χ2v) is 19.2. The van der Waals surface area contributed by atoms with Crippen molar-refractivity contribution in [2.24, 2.45) is 50.1 Å². The van der Waals surface area contributed by atoms with E-state index >= 15 is 0 Å². The van der Waals surface area contributed by atoms with E-state index in [1.807, 2.05) is 0 Å². The molecule has 0 saturated carbocycles. The Morgan fingerprint density at radius 2 is 0.797 bits per heavy atom. The monoisotopic (exact) mass is 1130 g/mol. The first-order valence-electron chi connectivity index (χ1n) is 26.9. The van der Waals surface area contributed by atoms with Crippen LogP contribution >= 0.6 is 0 Å². The summed E-state index contributed by atoms with van der Waals surface area (Å²) in [5.41, 5.74) is 37.5. The number of guanidine groups is 2. The Morgan fingerprint density at radius 3 is 1.22 bits per heavy atom. The van der Waals surface area contributed by atoms with E-state index in [2.05, 4.69) is 54.1 Å². The van der Waals surface area contributed by atoms with Gasteiger partial charge in [0.05, 0.1) is 19.1 Å². The lowest BCUT2D eigenvalue weighted by molar-refractivity contribution is -0.142. The maximum atomic E-state index is 13.8. The first-order valence-corrected chi connectivity index (χ1v) is 26.9. The molecule has 0 heterocycles. The number of carboxylic acids is 1. The van der Waals surface area contributed by atoms with Gasteiger partial charge in [-0.05, 0) is 51.9 Å². The highest BCUT2D eigenvalue weighted by atomic mass is 16.4. The van der Waals surface area contributed by atoms with E-state index in [0.717, 1.165) is 39.0 Å². The molecular weight excluding hydrogens is 1040 g/mol. The molecule has 0 aliphatic carbocycles. The van der Waals surface area contributed by atoms with Crippen LogP contribution in [0.5, 0.6) is 0 Å². The van der Waals surface area contributed by atoms with Crippen molar-refractivity contribution in [3.05, 3.63) is 0 Å². The quantitative estimate of drug-likeness (QED) is 0.0156. The molecule has 0 aromatic rings. The van der Waals surface area contributed by atoms with E-state index in [1.165, 1.54) is 44.9 Å². The number of hydrogen-bond donors (Lipinski definition) is 17. The van der Waals surface area contributed by atoms with Crippen LogP contribution in [0.2, 0.25) is 0 Å². The summed E-state index contributed by atoms with van der Waals surface area (Å²) in [5.74, 6) is -12.4. The van der Waals surface area contributed by atoms with Crippen molar-refractivity contribution in [3.8, 4) is 0 Å². The molecule has 30 nitrogen and oxygen atoms in total. The maximum Gasteiger partial charge on any atom is 0.305 e. The molecule has 0 aromatic heterocycles. The minimum Gasteiger partial charge on any atom is -0.481 e. The summed E-state index contributed by atoms with van der Waals surface area (Å²) >= 11 is 0. The van der Waals surface area contributed by atoms with Crippen molar-refractivity contribution in [3.63, 3.8) is 0 Å². The fraction of sp³-hybridized carbons (Fsp3) is 0.735. The molecule has 0 rings (SSSR count). The third-order valence-corrected chi connectivity index (χ3v) is 12.2. The highest BCUT2D eigenvalue weighted by Gasteiger charge is 2.36. The van der Waals surface area contributed by atoms with E-state index in [-0.39, 0.29) is 70.0 Å². The van der Waals surface area contributed by atoms with Crippen LogP contribution in [0.15, 0.2) is 9.98 Å². The van der Waals surface area contributed by atoms with Gasteiger partial charge in [-0.3, -0.25) is 62.7 Å². The SMILES string of the molecule is CCCCCCCCCCCCCCCC(=O)NC(CCCN=C(N)N)C(=O)NC(CO)C(=O)NC(CC(=O)O)C(=O)NC(C(=O)NC(CCCN=C(N)N)C(=O)NC(CCC(N)=O)C(=O)NC(CCC(N)=O)C(N)=O)C(C)O. The summed E-state index contributed by atoms with van der Waals surface area (Å²) in [6, 6.07) is -11.8. The third kappa shape index (κ3) is 34.9. The molecule has 450 valence electrons. The van der Waals surface area contributed by atoms with Gasteiger partial charge < -0.3 is 92.7 Å². The number of amides is 10. The third-order valence-electron chi connectivity index (χ3n) is 12.2. The molecule has 0 saturated heterocycles. The van der Waals surface area contributed by atoms with Crippen LogP contribution in [-0.2, 0) is 52.7 Å². The number of aliphatic carboxylic acids is 1. The topological polar surface area (TPSA) is 540 Å². The summed E-state index contributed by atoms with van der Waals surface area (Å²) in [7, 11) is 0.